The third-order valence-corrected chi connectivity index (χ3v) is 1.27. The van der Waals surface area contributed by atoms with E-state index in [4.69, 9.17) is 5.11 Å². The second kappa shape index (κ2) is 2.67. The number of carboxylic acid groups (broad SMARTS) is 1. The lowest BCUT2D eigenvalue weighted by atomic mass is 10.3. The number of aromatic carboxylic acids is 1. The first-order valence-corrected chi connectivity index (χ1v) is 3.07. The summed E-state index contributed by atoms with van der Waals surface area (Å²) >= 11 is 4.59. The van der Waals surface area contributed by atoms with Crippen LogP contribution in [-0.4, -0.2) is 21.3 Å². The summed E-state index contributed by atoms with van der Waals surface area (Å²) in [5.74, 6) is -1.29. The molecule has 0 saturated heterocycles. The van der Waals surface area contributed by atoms with Gasteiger partial charge in [0.15, 0.2) is 0 Å². The summed E-state index contributed by atoms with van der Waals surface area (Å²) < 4.78 is 0.182. The van der Waals surface area contributed by atoms with Crippen molar-refractivity contribution in [2.24, 2.45) is 0 Å². The zero-order valence-corrected chi connectivity index (χ0v) is 6.07. The normalized spacial score (nSPS) is 9.45. The first-order valence-electron chi connectivity index (χ1n) is 2.66. The van der Waals surface area contributed by atoms with Gasteiger partial charge in [-0.25, -0.2) is 4.79 Å². The van der Waals surface area contributed by atoms with E-state index in [1.807, 2.05) is 0 Å². The Hall–Kier alpha value is -1.43. The van der Waals surface area contributed by atoms with Gasteiger partial charge < -0.3 is 5.11 Å². The number of aromatic nitrogens is 2. The average Bonchev–Trinajstić information content (AvgIpc) is 1.94. The summed E-state index contributed by atoms with van der Waals surface area (Å²) in [4.78, 5) is 21.0. The summed E-state index contributed by atoms with van der Waals surface area (Å²) in [7, 11) is 0. The molecule has 0 aromatic carbocycles. The van der Waals surface area contributed by atoms with E-state index in [0.29, 0.717) is 0 Å². The number of hydrogen-bond acceptors (Lipinski definition) is 3. The number of H-pyrrole nitrogens is 2. The Morgan fingerprint density at radius 2 is 2.18 bits per heavy atom. The van der Waals surface area contributed by atoms with Crippen molar-refractivity contribution in [3.8, 4) is 0 Å². The van der Waals surface area contributed by atoms with Gasteiger partial charge in [0.1, 0.15) is 10.2 Å². The van der Waals surface area contributed by atoms with Gasteiger partial charge in [0.2, 0.25) is 0 Å². The standard InChI is InChI=1S/C5H4N2O3S/c8-4-2(5(9)10)1-3(11)6-7-4/h1H,(H,6,11)(H,7,8)(H,9,10). The molecule has 0 spiro atoms. The summed E-state index contributed by atoms with van der Waals surface area (Å²) in [5, 5.41) is 12.8. The summed E-state index contributed by atoms with van der Waals surface area (Å²) in [6.45, 7) is 0. The number of rotatable bonds is 1. The lowest BCUT2D eigenvalue weighted by molar-refractivity contribution is 0.0694. The molecule has 0 amide bonds. The van der Waals surface area contributed by atoms with Crippen molar-refractivity contribution in [1.82, 2.24) is 10.2 Å². The first-order chi connectivity index (χ1) is 5.11. The monoisotopic (exact) mass is 172 g/mol. The van der Waals surface area contributed by atoms with Crippen molar-refractivity contribution in [2.75, 3.05) is 0 Å². The molecule has 0 bridgehead atoms. The summed E-state index contributed by atoms with van der Waals surface area (Å²) in [5.41, 5.74) is -1.04. The fourth-order valence-corrected chi connectivity index (χ4v) is 0.746. The first kappa shape index (κ1) is 7.67. The third-order valence-electron chi connectivity index (χ3n) is 1.05. The molecule has 0 atom stereocenters. The lowest BCUT2D eigenvalue weighted by Gasteiger charge is -1.90. The third kappa shape index (κ3) is 1.53. The molecule has 58 valence electrons. The summed E-state index contributed by atoms with van der Waals surface area (Å²) in [6, 6.07) is 1.09. The van der Waals surface area contributed by atoms with Gasteiger partial charge in [-0.2, -0.15) is 0 Å². The maximum atomic E-state index is 10.7. The van der Waals surface area contributed by atoms with Crippen LogP contribution < -0.4 is 5.56 Å². The van der Waals surface area contributed by atoms with Crippen LogP contribution in [0.5, 0.6) is 0 Å². The maximum absolute atomic E-state index is 10.7. The van der Waals surface area contributed by atoms with Crippen molar-refractivity contribution >= 4 is 18.2 Å². The van der Waals surface area contributed by atoms with Gasteiger partial charge in [-0.05, 0) is 6.07 Å². The van der Waals surface area contributed by atoms with Gasteiger partial charge in [0.25, 0.3) is 5.56 Å². The Morgan fingerprint density at radius 3 is 2.64 bits per heavy atom. The van der Waals surface area contributed by atoms with E-state index >= 15 is 0 Å². The zero-order valence-electron chi connectivity index (χ0n) is 5.25. The molecule has 0 aliphatic rings. The van der Waals surface area contributed by atoms with Crippen LogP contribution in [0, 0.1) is 4.64 Å². The van der Waals surface area contributed by atoms with Gasteiger partial charge in [0, 0.05) is 0 Å². The Kier molecular flexibility index (Phi) is 1.86. The largest absolute Gasteiger partial charge is 0.477 e. The molecule has 1 aromatic rings. The molecule has 6 heteroatoms. The molecule has 0 unspecified atom stereocenters. The van der Waals surface area contributed by atoms with Crippen molar-refractivity contribution in [3.05, 3.63) is 26.6 Å². The molecule has 1 aromatic heterocycles. The molecule has 0 aliphatic heterocycles. The molecule has 0 radical (unpaired) electrons. The molecule has 0 fully saturated rings. The highest BCUT2D eigenvalue weighted by molar-refractivity contribution is 7.71. The Labute approximate surface area is 65.7 Å². The molecule has 0 aliphatic carbocycles. The Bertz CT molecular complexity index is 391. The summed E-state index contributed by atoms with van der Waals surface area (Å²) in [6.07, 6.45) is 0. The highest BCUT2D eigenvalue weighted by Gasteiger charge is 2.06. The molecular formula is C5H4N2O3S. The number of aromatic amines is 2. The minimum atomic E-state index is -1.29. The van der Waals surface area contributed by atoms with E-state index in [1.54, 1.807) is 0 Å². The molecule has 11 heavy (non-hydrogen) atoms. The topological polar surface area (TPSA) is 85.9 Å². The number of hydrogen-bond donors (Lipinski definition) is 3. The highest BCUT2D eigenvalue weighted by atomic mass is 32.1. The quantitative estimate of drug-likeness (QED) is 0.525. The lowest BCUT2D eigenvalue weighted by Crippen LogP contribution is -2.18. The van der Waals surface area contributed by atoms with Crippen LogP contribution in [0.25, 0.3) is 0 Å². The number of carbonyl (C=O) groups is 1. The van der Waals surface area contributed by atoms with Gasteiger partial charge >= 0.3 is 5.97 Å². The van der Waals surface area contributed by atoms with Gasteiger partial charge in [-0.3, -0.25) is 15.0 Å². The maximum Gasteiger partial charge on any atom is 0.341 e. The second-order valence-electron chi connectivity index (χ2n) is 1.81. The van der Waals surface area contributed by atoms with Crippen LogP contribution in [-0.2, 0) is 0 Å². The fourth-order valence-electron chi connectivity index (χ4n) is 0.577. The van der Waals surface area contributed by atoms with Gasteiger partial charge in [0.05, 0.1) is 0 Å². The van der Waals surface area contributed by atoms with Gasteiger partial charge in [-0.1, -0.05) is 12.2 Å². The SMILES string of the molecule is O=C(O)c1cc(=S)[nH][nH]c1=O. The van der Waals surface area contributed by atoms with E-state index < -0.39 is 11.5 Å². The van der Waals surface area contributed by atoms with Gasteiger partial charge in [-0.15, -0.1) is 0 Å². The molecule has 1 heterocycles. The van der Waals surface area contributed by atoms with E-state index in [-0.39, 0.29) is 10.2 Å². The fraction of sp³-hybridized carbons (Fsp3) is 0. The number of carboxylic acids is 1. The van der Waals surface area contributed by atoms with Crippen molar-refractivity contribution < 1.29 is 9.90 Å². The van der Waals surface area contributed by atoms with E-state index in [2.05, 4.69) is 22.4 Å². The molecular weight excluding hydrogens is 168 g/mol. The smallest absolute Gasteiger partial charge is 0.341 e. The van der Waals surface area contributed by atoms with E-state index in [0.717, 1.165) is 6.07 Å². The molecule has 0 saturated carbocycles. The van der Waals surface area contributed by atoms with Crippen LogP contribution in [0.3, 0.4) is 0 Å². The zero-order chi connectivity index (χ0) is 8.43. The van der Waals surface area contributed by atoms with Crippen LogP contribution in [0.15, 0.2) is 10.9 Å². The Balaban J connectivity index is 3.47. The molecule has 3 N–H and O–H groups in total. The molecule has 5 nitrogen and oxygen atoms in total. The van der Waals surface area contributed by atoms with E-state index in [1.165, 1.54) is 0 Å². The van der Waals surface area contributed by atoms with Crippen LogP contribution >= 0.6 is 12.2 Å². The van der Waals surface area contributed by atoms with Crippen LogP contribution in [0.4, 0.5) is 0 Å². The van der Waals surface area contributed by atoms with Crippen molar-refractivity contribution in [3.63, 3.8) is 0 Å². The predicted molar refractivity (Wildman–Crippen MR) is 39.2 cm³/mol. The second-order valence-corrected chi connectivity index (χ2v) is 2.25. The predicted octanol–water partition coefficient (Wildman–Crippen LogP) is 0.131. The minimum absolute atomic E-state index is 0.182. The molecule has 1 rings (SSSR count). The Morgan fingerprint density at radius 1 is 1.55 bits per heavy atom. The minimum Gasteiger partial charge on any atom is -0.477 e. The highest BCUT2D eigenvalue weighted by Crippen LogP contribution is 1.88. The van der Waals surface area contributed by atoms with Crippen LogP contribution in [0.1, 0.15) is 10.4 Å². The van der Waals surface area contributed by atoms with E-state index in [9.17, 15) is 9.59 Å². The van der Waals surface area contributed by atoms with Crippen LogP contribution in [0.2, 0.25) is 0 Å². The van der Waals surface area contributed by atoms with Crippen molar-refractivity contribution in [1.29, 1.82) is 0 Å². The average molecular weight is 172 g/mol. The number of nitrogens with one attached hydrogen (secondary N) is 2. The van der Waals surface area contributed by atoms with Crippen molar-refractivity contribution in [2.45, 2.75) is 0 Å².